The van der Waals surface area contributed by atoms with Gasteiger partial charge in [0, 0.05) is 5.33 Å². The average molecular weight is 235 g/mol. The molecular weight excluding hydrogens is 212 g/mol. The van der Waals surface area contributed by atoms with Gasteiger partial charge in [-0.05, 0) is 23.7 Å². The van der Waals surface area contributed by atoms with Crippen LogP contribution >= 0.6 is 15.9 Å². The molecule has 0 rings (SSSR count). The summed E-state index contributed by atoms with van der Waals surface area (Å²) in [5.74, 6) is 1.63. The zero-order valence-corrected chi connectivity index (χ0v) is 10.7. The van der Waals surface area contributed by atoms with Gasteiger partial charge in [-0.2, -0.15) is 0 Å². The average Bonchev–Trinajstić information content (AvgIpc) is 2.03. The fourth-order valence-electron chi connectivity index (χ4n) is 1.38. The largest absolute Gasteiger partial charge is 0.0922 e. The van der Waals surface area contributed by atoms with Crippen molar-refractivity contribution in [1.29, 1.82) is 0 Å². The molecule has 0 heterocycles. The lowest BCUT2D eigenvalue weighted by Gasteiger charge is -2.34. The molecule has 0 aliphatic heterocycles. The first-order valence-corrected chi connectivity index (χ1v) is 6.14. The molecule has 12 heavy (non-hydrogen) atoms. The molecule has 0 nitrogen and oxygen atoms in total. The SMILES string of the molecule is CCC(C)CC(C)(CBr)C(C)C. The molecule has 2 atom stereocenters. The summed E-state index contributed by atoms with van der Waals surface area (Å²) in [6, 6.07) is 0. The van der Waals surface area contributed by atoms with Gasteiger partial charge in [0.2, 0.25) is 0 Å². The van der Waals surface area contributed by atoms with Crippen molar-refractivity contribution in [2.24, 2.45) is 17.3 Å². The van der Waals surface area contributed by atoms with E-state index in [0.717, 1.165) is 17.2 Å². The van der Waals surface area contributed by atoms with Crippen molar-refractivity contribution in [3.05, 3.63) is 0 Å². The predicted molar refractivity (Wildman–Crippen MR) is 60.8 cm³/mol. The number of rotatable bonds is 5. The molecule has 0 aromatic rings. The normalized spacial score (nSPS) is 19.2. The Bertz CT molecular complexity index is 120. The Labute approximate surface area is 86.3 Å². The topological polar surface area (TPSA) is 0 Å². The van der Waals surface area contributed by atoms with E-state index in [4.69, 9.17) is 0 Å². The second-order valence-electron chi connectivity index (χ2n) is 4.66. The van der Waals surface area contributed by atoms with Crippen LogP contribution in [0.25, 0.3) is 0 Å². The van der Waals surface area contributed by atoms with Gasteiger partial charge in [-0.3, -0.25) is 0 Å². The minimum absolute atomic E-state index is 0.482. The molecule has 0 spiro atoms. The second-order valence-corrected chi connectivity index (χ2v) is 5.22. The molecule has 0 bridgehead atoms. The first kappa shape index (κ1) is 12.5. The highest BCUT2D eigenvalue weighted by molar-refractivity contribution is 9.09. The van der Waals surface area contributed by atoms with Gasteiger partial charge >= 0.3 is 0 Å². The molecule has 0 fully saturated rings. The zero-order valence-electron chi connectivity index (χ0n) is 9.15. The van der Waals surface area contributed by atoms with E-state index >= 15 is 0 Å². The van der Waals surface area contributed by atoms with Crippen molar-refractivity contribution in [3.8, 4) is 0 Å². The first-order chi connectivity index (χ1) is 5.46. The Morgan fingerprint density at radius 3 is 2.00 bits per heavy atom. The molecule has 0 saturated carbocycles. The molecule has 0 aromatic heterocycles. The lowest BCUT2D eigenvalue weighted by Crippen LogP contribution is -2.27. The highest BCUT2D eigenvalue weighted by Crippen LogP contribution is 2.36. The van der Waals surface area contributed by atoms with E-state index in [2.05, 4.69) is 50.5 Å². The maximum Gasteiger partial charge on any atom is 0.00878 e. The third kappa shape index (κ3) is 3.47. The van der Waals surface area contributed by atoms with Crippen LogP contribution in [0.3, 0.4) is 0 Å². The third-order valence-electron chi connectivity index (χ3n) is 3.21. The molecule has 1 heteroatoms. The van der Waals surface area contributed by atoms with Gasteiger partial charge in [-0.15, -0.1) is 0 Å². The van der Waals surface area contributed by atoms with Crippen LogP contribution in [-0.4, -0.2) is 5.33 Å². The fraction of sp³-hybridized carbons (Fsp3) is 1.00. The Morgan fingerprint density at radius 2 is 1.75 bits per heavy atom. The standard InChI is InChI=1S/C11H23Br/c1-6-10(4)7-11(5,8-12)9(2)3/h9-10H,6-8H2,1-5H3. The molecular formula is C11H23Br. The Morgan fingerprint density at radius 1 is 1.25 bits per heavy atom. The van der Waals surface area contributed by atoms with Crippen molar-refractivity contribution < 1.29 is 0 Å². The van der Waals surface area contributed by atoms with E-state index in [0.29, 0.717) is 5.41 Å². The van der Waals surface area contributed by atoms with Crippen LogP contribution in [-0.2, 0) is 0 Å². The molecule has 0 N–H and O–H groups in total. The molecule has 0 radical (unpaired) electrons. The van der Waals surface area contributed by atoms with E-state index in [1.54, 1.807) is 0 Å². The van der Waals surface area contributed by atoms with Gasteiger partial charge in [0.1, 0.15) is 0 Å². The highest BCUT2D eigenvalue weighted by Gasteiger charge is 2.28. The van der Waals surface area contributed by atoms with Crippen LogP contribution < -0.4 is 0 Å². The molecule has 74 valence electrons. The van der Waals surface area contributed by atoms with Crippen LogP contribution in [0.15, 0.2) is 0 Å². The van der Waals surface area contributed by atoms with Crippen molar-refractivity contribution in [1.82, 2.24) is 0 Å². The monoisotopic (exact) mass is 234 g/mol. The van der Waals surface area contributed by atoms with E-state index in [1.165, 1.54) is 12.8 Å². The van der Waals surface area contributed by atoms with Gasteiger partial charge in [0.25, 0.3) is 0 Å². The molecule has 0 aliphatic carbocycles. The van der Waals surface area contributed by atoms with Crippen molar-refractivity contribution in [2.45, 2.75) is 47.5 Å². The molecule has 0 amide bonds. The summed E-state index contributed by atoms with van der Waals surface area (Å²) in [5.41, 5.74) is 0.482. The van der Waals surface area contributed by atoms with Crippen LogP contribution in [0.2, 0.25) is 0 Å². The minimum Gasteiger partial charge on any atom is -0.0922 e. The number of hydrogen-bond donors (Lipinski definition) is 0. The fourth-order valence-corrected chi connectivity index (χ4v) is 2.26. The Hall–Kier alpha value is 0.480. The van der Waals surface area contributed by atoms with Gasteiger partial charge in [0.15, 0.2) is 0 Å². The zero-order chi connectivity index (χ0) is 9.78. The van der Waals surface area contributed by atoms with Crippen LogP contribution in [0.1, 0.15) is 47.5 Å². The molecule has 2 unspecified atom stereocenters. The number of hydrogen-bond acceptors (Lipinski definition) is 0. The van der Waals surface area contributed by atoms with Crippen molar-refractivity contribution >= 4 is 15.9 Å². The van der Waals surface area contributed by atoms with Gasteiger partial charge in [-0.25, -0.2) is 0 Å². The lowest BCUT2D eigenvalue weighted by molar-refractivity contribution is 0.199. The second kappa shape index (κ2) is 5.26. The van der Waals surface area contributed by atoms with Gasteiger partial charge < -0.3 is 0 Å². The Kier molecular flexibility index (Phi) is 5.47. The maximum absolute atomic E-state index is 3.63. The summed E-state index contributed by atoms with van der Waals surface area (Å²) < 4.78 is 0. The van der Waals surface area contributed by atoms with Crippen molar-refractivity contribution in [3.63, 3.8) is 0 Å². The smallest absolute Gasteiger partial charge is 0.00878 e. The molecule has 0 aliphatic rings. The summed E-state index contributed by atoms with van der Waals surface area (Å²) in [7, 11) is 0. The van der Waals surface area contributed by atoms with Crippen molar-refractivity contribution in [2.75, 3.05) is 5.33 Å². The quantitative estimate of drug-likeness (QED) is 0.616. The summed E-state index contributed by atoms with van der Waals surface area (Å²) >= 11 is 3.63. The maximum atomic E-state index is 3.63. The summed E-state index contributed by atoms with van der Waals surface area (Å²) in [6.07, 6.45) is 2.64. The number of alkyl halides is 1. The first-order valence-electron chi connectivity index (χ1n) is 5.02. The number of halogens is 1. The highest BCUT2D eigenvalue weighted by atomic mass is 79.9. The summed E-state index contributed by atoms with van der Waals surface area (Å²) in [6.45, 7) is 11.7. The molecule has 0 saturated heterocycles. The summed E-state index contributed by atoms with van der Waals surface area (Å²) in [4.78, 5) is 0. The van der Waals surface area contributed by atoms with Gasteiger partial charge in [-0.1, -0.05) is 57.0 Å². The Balaban J connectivity index is 4.14. The molecule has 0 aromatic carbocycles. The minimum atomic E-state index is 0.482. The van der Waals surface area contributed by atoms with E-state index in [1.807, 2.05) is 0 Å². The summed E-state index contributed by atoms with van der Waals surface area (Å²) in [5, 5.41) is 1.13. The lowest BCUT2D eigenvalue weighted by atomic mass is 9.74. The van der Waals surface area contributed by atoms with Gasteiger partial charge in [0.05, 0.1) is 0 Å². The van der Waals surface area contributed by atoms with Crippen LogP contribution in [0.4, 0.5) is 0 Å². The third-order valence-corrected chi connectivity index (χ3v) is 4.49. The van der Waals surface area contributed by atoms with Crippen LogP contribution in [0, 0.1) is 17.3 Å². The van der Waals surface area contributed by atoms with E-state index < -0.39 is 0 Å². The van der Waals surface area contributed by atoms with E-state index in [9.17, 15) is 0 Å². The predicted octanol–water partition coefficient (Wildman–Crippen LogP) is 4.48. The van der Waals surface area contributed by atoms with E-state index in [-0.39, 0.29) is 0 Å². The van der Waals surface area contributed by atoms with Crippen LogP contribution in [0.5, 0.6) is 0 Å².